The number of fused-ring (bicyclic) bond motifs is 2. The van der Waals surface area contributed by atoms with Gasteiger partial charge in [-0.1, -0.05) is 0 Å². The summed E-state index contributed by atoms with van der Waals surface area (Å²) in [7, 11) is 2.07. The molecule has 0 aromatic heterocycles. The lowest BCUT2D eigenvalue weighted by atomic mass is 9.91. The summed E-state index contributed by atoms with van der Waals surface area (Å²) in [5.41, 5.74) is 0. The van der Waals surface area contributed by atoms with Crippen LogP contribution in [-0.2, 0) is 4.79 Å². The zero-order valence-corrected chi connectivity index (χ0v) is 7.36. The number of nitrogens with zero attached hydrogens (tertiary/aromatic N) is 1. The molecule has 3 atom stereocenters. The molecule has 2 fully saturated rings. The molecule has 2 heterocycles. The highest BCUT2D eigenvalue weighted by atomic mass is 16.4. The van der Waals surface area contributed by atoms with Crippen molar-refractivity contribution in [1.82, 2.24) is 4.90 Å². The summed E-state index contributed by atoms with van der Waals surface area (Å²) in [6.07, 6.45) is 4.24. The molecule has 0 amide bonds. The van der Waals surface area contributed by atoms with Crippen LogP contribution in [0, 0.1) is 5.92 Å². The van der Waals surface area contributed by atoms with E-state index in [0.29, 0.717) is 12.1 Å². The van der Waals surface area contributed by atoms with Crippen LogP contribution in [0.25, 0.3) is 0 Å². The van der Waals surface area contributed by atoms with Gasteiger partial charge in [0.25, 0.3) is 0 Å². The summed E-state index contributed by atoms with van der Waals surface area (Å²) >= 11 is 0. The number of hydrogen-bond donors (Lipinski definition) is 1. The van der Waals surface area contributed by atoms with Crippen molar-refractivity contribution in [2.75, 3.05) is 7.05 Å². The topological polar surface area (TPSA) is 40.5 Å². The Morgan fingerprint density at radius 2 is 2.00 bits per heavy atom. The molecule has 3 nitrogen and oxygen atoms in total. The van der Waals surface area contributed by atoms with E-state index in [1.165, 1.54) is 6.42 Å². The Hall–Kier alpha value is -0.570. The van der Waals surface area contributed by atoms with Gasteiger partial charge in [-0.3, -0.25) is 9.69 Å². The van der Waals surface area contributed by atoms with E-state index >= 15 is 0 Å². The van der Waals surface area contributed by atoms with Gasteiger partial charge >= 0.3 is 5.97 Å². The average molecular weight is 169 g/mol. The molecule has 2 bridgehead atoms. The molecule has 3 heteroatoms. The first kappa shape index (κ1) is 8.05. The Labute approximate surface area is 72.4 Å². The normalized spacial score (nSPS) is 41.6. The fraction of sp³-hybridized carbons (Fsp3) is 0.889. The molecule has 0 spiro atoms. The minimum absolute atomic E-state index is 0.103. The van der Waals surface area contributed by atoms with Gasteiger partial charge in [0.2, 0.25) is 0 Å². The highest BCUT2D eigenvalue weighted by Crippen LogP contribution is 2.37. The molecule has 0 saturated carbocycles. The third-order valence-corrected chi connectivity index (χ3v) is 3.49. The van der Waals surface area contributed by atoms with E-state index in [9.17, 15) is 4.79 Å². The number of hydrogen-bond acceptors (Lipinski definition) is 2. The van der Waals surface area contributed by atoms with Crippen molar-refractivity contribution in [3.05, 3.63) is 0 Å². The Morgan fingerprint density at radius 1 is 1.33 bits per heavy atom. The van der Waals surface area contributed by atoms with E-state index in [1.54, 1.807) is 0 Å². The number of carboxylic acids is 1. The molecule has 2 saturated heterocycles. The Morgan fingerprint density at radius 3 is 2.67 bits per heavy atom. The van der Waals surface area contributed by atoms with Crippen molar-refractivity contribution in [2.24, 2.45) is 5.92 Å². The van der Waals surface area contributed by atoms with Crippen molar-refractivity contribution in [2.45, 2.75) is 37.8 Å². The summed E-state index contributed by atoms with van der Waals surface area (Å²) in [6.45, 7) is 0. The van der Waals surface area contributed by atoms with Crippen molar-refractivity contribution >= 4 is 5.97 Å². The van der Waals surface area contributed by atoms with Gasteiger partial charge < -0.3 is 5.11 Å². The van der Waals surface area contributed by atoms with E-state index in [1.807, 2.05) is 0 Å². The summed E-state index contributed by atoms with van der Waals surface area (Å²) in [6, 6.07) is 0.992. The number of rotatable bonds is 1. The largest absolute Gasteiger partial charge is 0.481 e. The molecule has 1 N–H and O–H groups in total. The van der Waals surface area contributed by atoms with Gasteiger partial charge in [0.05, 0.1) is 5.92 Å². The SMILES string of the molecule is CN1[C@H]2CC[C@@H]1[C@H](C(=O)O)CC2. The van der Waals surface area contributed by atoms with E-state index in [4.69, 9.17) is 5.11 Å². The quantitative estimate of drug-likeness (QED) is 0.635. The average Bonchev–Trinajstić information content (AvgIpc) is 2.32. The summed E-state index contributed by atoms with van der Waals surface area (Å²) in [5.74, 6) is -0.707. The van der Waals surface area contributed by atoms with Gasteiger partial charge in [-0.15, -0.1) is 0 Å². The third-order valence-electron chi connectivity index (χ3n) is 3.49. The summed E-state index contributed by atoms with van der Waals surface area (Å²) < 4.78 is 0. The predicted octanol–water partition coefficient (Wildman–Crippen LogP) is 0.944. The summed E-state index contributed by atoms with van der Waals surface area (Å²) in [5, 5.41) is 8.95. The van der Waals surface area contributed by atoms with Gasteiger partial charge in [0, 0.05) is 12.1 Å². The van der Waals surface area contributed by atoms with E-state index < -0.39 is 5.97 Å². The number of aliphatic carboxylic acids is 1. The second-order valence-corrected chi connectivity index (χ2v) is 3.99. The molecular weight excluding hydrogens is 154 g/mol. The van der Waals surface area contributed by atoms with E-state index in [0.717, 1.165) is 19.3 Å². The molecule has 0 unspecified atom stereocenters. The molecule has 0 radical (unpaired) electrons. The van der Waals surface area contributed by atoms with Crippen LogP contribution >= 0.6 is 0 Å². The van der Waals surface area contributed by atoms with Gasteiger partial charge in [-0.25, -0.2) is 0 Å². The first-order valence-electron chi connectivity index (χ1n) is 4.65. The lowest BCUT2D eigenvalue weighted by molar-refractivity contribution is -0.145. The van der Waals surface area contributed by atoms with Gasteiger partial charge in [0.1, 0.15) is 0 Å². The van der Waals surface area contributed by atoms with Crippen LogP contribution < -0.4 is 0 Å². The highest BCUT2D eigenvalue weighted by Gasteiger charge is 2.42. The number of piperidine rings is 1. The Bertz CT molecular complexity index is 205. The predicted molar refractivity (Wildman–Crippen MR) is 44.9 cm³/mol. The minimum Gasteiger partial charge on any atom is -0.481 e. The zero-order chi connectivity index (χ0) is 8.72. The van der Waals surface area contributed by atoms with E-state index in [2.05, 4.69) is 11.9 Å². The van der Waals surface area contributed by atoms with Crippen LogP contribution in [0.1, 0.15) is 25.7 Å². The monoisotopic (exact) mass is 169 g/mol. The van der Waals surface area contributed by atoms with Crippen LogP contribution in [0.2, 0.25) is 0 Å². The lowest BCUT2D eigenvalue weighted by Gasteiger charge is -2.35. The van der Waals surface area contributed by atoms with Crippen molar-refractivity contribution in [3.63, 3.8) is 0 Å². The van der Waals surface area contributed by atoms with Crippen molar-refractivity contribution in [3.8, 4) is 0 Å². The molecule has 0 aromatic rings. The number of carboxylic acid groups (broad SMARTS) is 1. The van der Waals surface area contributed by atoms with Gasteiger partial charge in [-0.2, -0.15) is 0 Å². The maximum Gasteiger partial charge on any atom is 0.308 e. The van der Waals surface area contributed by atoms with E-state index in [-0.39, 0.29) is 5.92 Å². The second-order valence-electron chi connectivity index (χ2n) is 3.99. The molecule has 68 valence electrons. The molecular formula is C9H15NO2. The van der Waals surface area contributed by atoms with Gasteiger partial charge in [-0.05, 0) is 32.7 Å². The molecule has 0 aliphatic carbocycles. The number of carbonyl (C=O) groups is 1. The second kappa shape index (κ2) is 2.73. The molecule has 2 aliphatic rings. The van der Waals surface area contributed by atoms with Crippen LogP contribution in [0.4, 0.5) is 0 Å². The summed E-state index contributed by atoms with van der Waals surface area (Å²) in [4.78, 5) is 13.1. The lowest BCUT2D eigenvalue weighted by Crippen LogP contribution is -2.44. The van der Waals surface area contributed by atoms with Crippen LogP contribution in [-0.4, -0.2) is 35.1 Å². The van der Waals surface area contributed by atoms with Crippen LogP contribution in [0.15, 0.2) is 0 Å². The maximum absolute atomic E-state index is 10.9. The zero-order valence-electron chi connectivity index (χ0n) is 7.36. The highest BCUT2D eigenvalue weighted by molar-refractivity contribution is 5.71. The van der Waals surface area contributed by atoms with Crippen molar-refractivity contribution < 1.29 is 9.90 Å². The Kier molecular flexibility index (Phi) is 1.83. The van der Waals surface area contributed by atoms with Crippen molar-refractivity contribution in [1.29, 1.82) is 0 Å². The van der Waals surface area contributed by atoms with Gasteiger partial charge in [0.15, 0.2) is 0 Å². The maximum atomic E-state index is 10.9. The first-order chi connectivity index (χ1) is 5.70. The van der Waals surface area contributed by atoms with Crippen LogP contribution in [0.3, 0.4) is 0 Å². The molecule has 12 heavy (non-hydrogen) atoms. The minimum atomic E-state index is -0.604. The fourth-order valence-corrected chi connectivity index (χ4v) is 2.73. The molecule has 2 aliphatic heterocycles. The first-order valence-corrected chi connectivity index (χ1v) is 4.65. The smallest absolute Gasteiger partial charge is 0.308 e. The third kappa shape index (κ3) is 1.04. The molecule has 0 aromatic carbocycles. The van der Waals surface area contributed by atoms with Crippen LogP contribution in [0.5, 0.6) is 0 Å². The fourth-order valence-electron chi connectivity index (χ4n) is 2.73. The Balaban J connectivity index is 2.14. The molecule has 2 rings (SSSR count). The standard InChI is InChI=1S/C9H15NO2/c1-10-6-2-4-7(9(11)12)8(10)5-3-6/h6-8H,2-5H2,1H3,(H,11,12)/t6-,7-,8-/m1/s1.